The molecule has 0 aliphatic carbocycles. The standard InChI is InChI=1S/C58H60N4O/c1-55(2,3)40-21-24-46(25-22-40)60-31-32-61(39-60)47-33-45(58(9,10)42-19-15-12-16-20-42)34-49(37-47)63-48-26-27-50-51-35-43(56(4,5)6)23-28-52(51)62(53(50)38-48)54-36-44(29-30-59-54)57(7,8)41-17-13-11-14-18-41/h11-38H,39H2,1-10H3. The van der Waals surface area contributed by atoms with Crippen molar-refractivity contribution in [3.8, 4) is 17.3 Å². The maximum Gasteiger partial charge on any atom is 0.137 e. The van der Waals surface area contributed by atoms with Crippen LogP contribution < -0.4 is 14.5 Å². The highest BCUT2D eigenvalue weighted by Gasteiger charge is 2.28. The number of fused-ring (bicyclic) bond motifs is 3. The molecule has 6 aromatic carbocycles. The van der Waals surface area contributed by atoms with Gasteiger partial charge in [0.25, 0.3) is 0 Å². The van der Waals surface area contributed by atoms with Crippen molar-refractivity contribution in [3.63, 3.8) is 0 Å². The summed E-state index contributed by atoms with van der Waals surface area (Å²) in [6.45, 7) is 23.5. The summed E-state index contributed by atoms with van der Waals surface area (Å²) < 4.78 is 9.33. The number of ether oxygens (including phenoxy) is 1. The summed E-state index contributed by atoms with van der Waals surface area (Å²) in [6, 6.07) is 55.0. The van der Waals surface area contributed by atoms with Gasteiger partial charge in [-0.2, -0.15) is 0 Å². The normalized spacial score (nSPS) is 13.7. The Morgan fingerprint density at radius 1 is 0.429 bits per heavy atom. The van der Waals surface area contributed by atoms with E-state index in [0.29, 0.717) is 6.67 Å². The first kappa shape index (κ1) is 41.7. The van der Waals surface area contributed by atoms with Crippen molar-refractivity contribution >= 4 is 33.2 Å². The van der Waals surface area contributed by atoms with Crippen molar-refractivity contribution < 1.29 is 4.74 Å². The first-order chi connectivity index (χ1) is 30.0. The van der Waals surface area contributed by atoms with E-state index in [2.05, 4.69) is 248 Å². The number of pyridine rings is 1. The van der Waals surface area contributed by atoms with Crippen molar-refractivity contribution in [2.45, 2.75) is 90.9 Å². The smallest absolute Gasteiger partial charge is 0.137 e. The molecule has 0 bridgehead atoms. The van der Waals surface area contributed by atoms with E-state index in [1.165, 1.54) is 44.5 Å². The van der Waals surface area contributed by atoms with Crippen LogP contribution in [0, 0.1) is 0 Å². The van der Waals surface area contributed by atoms with Crippen molar-refractivity contribution in [1.29, 1.82) is 0 Å². The molecule has 0 spiro atoms. The molecule has 63 heavy (non-hydrogen) atoms. The largest absolute Gasteiger partial charge is 0.457 e. The van der Waals surface area contributed by atoms with Gasteiger partial charge < -0.3 is 14.5 Å². The highest BCUT2D eigenvalue weighted by molar-refractivity contribution is 6.09. The SMILES string of the molecule is CC(C)(C)c1ccc(N2C=CN(c3cc(Oc4ccc5c6cc(C(C)(C)C)ccc6n(-c6cc(C(C)(C)c7ccccc7)ccn6)c5c4)cc(C(C)(C)c4ccccc4)c3)C2)cc1. The Kier molecular flexibility index (Phi) is 10.4. The summed E-state index contributed by atoms with van der Waals surface area (Å²) >= 11 is 0. The third kappa shape index (κ3) is 8.02. The summed E-state index contributed by atoms with van der Waals surface area (Å²) in [6.07, 6.45) is 6.29. The Morgan fingerprint density at radius 3 is 1.67 bits per heavy atom. The fourth-order valence-electron chi connectivity index (χ4n) is 8.96. The number of benzene rings is 6. The van der Waals surface area contributed by atoms with Gasteiger partial charge in [-0.05, 0) is 105 Å². The maximum atomic E-state index is 7.02. The molecule has 9 rings (SSSR count). The molecule has 318 valence electrons. The quantitative estimate of drug-likeness (QED) is 0.145. The molecular weight excluding hydrogens is 769 g/mol. The van der Waals surface area contributed by atoms with E-state index in [1.807, 2.05) is 6.20 Å². The van der Waals surface area contributed by atoms with E-state index < -0.39 is 0 Å². The average Bonchev–Trinajstić information content (AvgIpc) is 3.90. The monoisotopic (exact) mass is 828 g/mol. The third-order valence-electron chi connectivity index (χ3n) is 13.3. The molecule has 0 saturated heterocycles. The van der Waals surface area contributed by atoms with Gasteiger partial charge in [0.1, 0.15) is 17.3 Å². The van der Waals surface area contributed by atoms with Gasteiger partial charge >= 0.3 is 0 Å². The molecule has 1 aliphatic rings. The second-order valence-electron chi connectivity index (χ2n) is 20.4. The topological polar surface area (TPSA) is 33.5 Å². The first-order valence-corrected chi connectivity index (χ1v) is 22.3. The Labute approximate surface area is 374 Å². The second kappa shape index (κ2) is 15.6. The van der Waals surface area contributed by atoms with Crippen LogP contribution >= 0.6 is 0 Å². The number of nitrogens with zero attached hydrogens (tertiary/aromatic N) is 4. The van der Waals surface area contributed by atoms with Crippen LogP contribution in [-0.4, -0.2) is 16.2 Å². The van der Waals surface area contributed by atoms with Crippen LogP contribution in [0.2, 0.25) is 0 Å². The molecule has 0 N–H and O–H groups in total. The highest BCUT2D eigenvalue weighted by Crippen LogP contribution is 2.42. The lowest BCUT2D eigenvalue weighted by Gasteiger charge is -2.29. The second-order valence-corrected chi connectivity index (χ2v) is 20.4. The van der Waals surface area contributed by atoms with Gasteiger partial charge in [0.05, 0.1) is 17.7 Å². The van der Waals surface area contributed by atoms with E-state index in [-0.39, 0.29) is 21.7 Å². The van der Waals surface area contributed by atoms with Gasteiger partial charge in [-0.25, -0.2) is 4.98 Å². The highest BCUT2D eigenvalue weighted by atomic mass is 16.5. The van der Waals surface area contributed by atoms with Crippen LogP contribution in [0.15, 0.2) is 170 Å². The van der Waals surface area contributed by atoms with Gasteiger partial charge in [-0.3, -0.25) is 4.57 Å². The third-order valence-corrected chi connectivity index (χ3v) is 13.3. The lowest BCUT2D eigenvalue weighted by molar-refractivity contribution is 0.480. The lowest BCUT2D eigenvalue weighted by Crippen LogP contribution is -2.25. The Bertz CT molecular complexity index is 2960. The summed E-state index contributed by atoms with van der Waals surface area (Å²) in [7, 11) is 0. The Balaban J connectivity index is 1.14. The fraction of sp³-hybridized carbons (Fsp3) is 0.259. The molecule has 2 aromatic heterocycles. The van der Waals surface area contributed by atoms with Crippen LogP contribution in [0.3, 0.4) is 0 Å². The van der Waals surface area contributed by atoms with Crippen LogP contribution in [0.1, 0.15) is 103 Å². The van der Waals surface area contributed by atoms with E-state index in [9.17, 15) is 0 Å². The van der Waals surface area contributed by atoms with Crippen molar-refractivity contribution in [2.24, 2.45) is 0 Å². The molecular formula is C58H60N4O. The van der Waals surface area contributed by atoms with Crippen molar-refractivity contribution in [2.75, 3.05) is 16.5 Å². The molecule has 1 aliphatic heterocycles. The predicted octanol–water partition coefficient (Wildman–Crippen LogP) is 15.0. The molecule has 3 heterocycles. The molecule has 0 fully saturated rings. The fourth-order valence-corrected chi connectivity index (χ4v) is 8.96. The van der Waals surface area contributed by atoms with Crippen LogP contribution in [-0.2, 0) is 21.7 Å². The molecule has 8 aromatic rings. The first-order valence-electron chi connectivity index (χ1n) is 22.3. The minimum absolute atomic E-state index is 0.00175. The molecule has 0 saturated carbocycles. The summed E-state index contributed by atoms with van der Waals surface area (Å²) in [5.74, 6) is 2.43. The maximum absolute atomic E-state index is 7.02. The number of anilines is 2. The molecule has 0 amide bonds. The average molecular weight is 829 g/mol. The summed E-state index contributed by atoms with van der Waals surface area (Å²) in [5.41, 5.74) is 11.5. The number of rotatable bonds is 9. The number of hydrogen-bond acceptors (Lipinski definition) is 4. The van der Waals surface area contributed by atoms with Gasteiger partial charge in [-0.1, -0.05) is 148 Å². The number of hydrogen-bond donors (Lipinski definition) is 0. The molecule has 0 unspecified atom stereocenters. The van der Waals surface area contributed by atoms with E-state index in [0.717, 1.165) is 39.4 Å². The Hall–Kier alpha value is -6.59. The molecule has 5 nitrogen and oxygen atoms in total. The van der Waals surface area contributed by atoms with E-state index >= 15 is 0 Å². The van der Waals surface area contributed by atoms with Gasteiger partial charge in [-0.15, -0.1) is 0 Å². The van der Waals surface area contributed by atoms with E-state index in [1.54, 1.807) is 0 Å². The Morgan fingerprint density at radius 2 is 1.03 bits per heavy atom. The van der Waals surface area contributed by atoms with Gasteiger partial charge in [0.2, 0.25) is 0 Å². The number of aromatic nitrogens is 2. The minimum Gasteiger partial charge on any atom is -0.457 e. The van der Waals surface area contributed by atoms with Crippen LogP contribution in [0.4, 0.5) is 11.4 Å². The zero-order valence-corrected chi connectivity index (χ0v) is 38.6. The van der Waals surface area contributed by atoms with Crippen LogP contribution in [0.25, 0.3) is 27.6 Å². The predicted molar refractivity (Wildman–Crippen MR) is 265 cm³/mol. The van der Waals surface area contributed by atoms with Crippen molar-refractivity contribution in [3.05, 3.63) is 204 Å². The zero-order valence-electron chi connectivity index (χ0n) is 38.6. The minimum atomic E-state index is -0.285. The van der Waals surface area contributed by atoms with E-state index in [4.69, 9.17) is 9.72 Å². The summed E-state index contributed by atoms with van der Waals surface area (Å²) in [5, 5.41) is 2.36. The lowest BCUT2D eigenvalue weighted by atomic mass is 9.78. The summed E-state index contributed by atoms with van der Waals surface area (Å²) in [4.78, 5) is 9.65. The molecule has 0 radical (unpaired) electrons. The molecule has 0 atom stereocenters. The van der Waals surface area contributed by atoms with Gasteiger partial charge in [0, 0.05) is 63.7 Å². The zero-order chi connectivity index (χ0) is 44.3. The molecule has 5 heteroatoms. The van der Waals surface area contributed by atoms with Crippen molar-refractivity contribution in [1.82, 2.24) is 9.55 Å². The van der Waals surface area contributed by atoms with Crippen LogP contribution in [0.5, 0.6) is 11.5 Å². The van der Waals surface area contributed by atoms with Gasteiger partial charge in [0.15, 0.2) is 0 Å².